The number of ether oxygens (including phenoxy) is 3. The maximum absolute atomic E-state index is 12.8. The predicted molar refractivity (Wildman–Crippen MR) is 127 cm³/mol. The van der Waals surface area contributed by atoms with Crippen molar-refractivity contribution in [2.45, 2.75) is 113 Å². The van der Waals surface area contributed by atoms with Crippen LogP contribution in [0, 0.1) is 17.3 Å². The van der Waals surface area contributed by atoms with Crippen LogP contribution in [0.1, 0.15) is 53.4 Å². The highest BCUT2D eigenvalue weighted by Crippen LogP contribution is 2.75. The molecule has 13 unspecified atom stereocenters. The van der Waals surface area contributed by atoms with Crippen LogP contribution in [0.2, 0.25) is 0 Å². The lowest BCUT2D eigenvalue weighted by Crippen LogP contribution is -2.74. The molecule has 0 radical (unpaired) electrons. The lowest BCUT2D eigenvalue weighted by molar-refractivity contribution is -0.302. The molecule has 0 amide bonds. The molecule has 5 rings (SSSR count). The number of fused-ring (bicyclic) bond motifs is 2. The molecule has 3 aliphatic carbocycles. The van der Waals surface area contributed by atoms with Crippen LogP contribution in [0.25, 0.3) is 0 Å². The minimum Gasteiger partial charge on any atom is -0.459 e. The second-order valence-electron chi connectivity index (χ2n) is 12.4. The van der Waals surface area contributed by atoms with Crippen molar-refractivity contribution in [3.63, 3.8) is 0 Å². The average molecular weight is 545 g/mol. The quantitative estimate of drug-likeness (QED) is 0.138. The fourth-order valence-electron chi connectivity index (χ4n) is 8.30. The number of carbonyl (C=O) groups excluding carboxylic acids is 1. The lowest BCUT2D eigenvalue weighted by atomic mass is 9.57. The normalized spacial score (nSPS) is 54.9. The van der Waals surface area contributed by atoms with Gasteiger partial charge in [0.2, 0.25) is 0 Å². The van der Waals surface area contributed by atoms with Crippen molar-refractivity contribution in [2.24, 2.45) is 17.3 Å². The SMILES string of the molecule is CC1=C(C(C)COC2OC(CO)C(O)C(O)C2O)CC2(O)C3(C)CC(=O)OC4C(C)CCC3(O)C4(O)C12O. The highest BCUT2D eigenvalue weighted by Gasteiger charge is 2.92. The Balaban J connectivity index is 1.49. The van der Waals surface area contributed by atoms with Gasteiger partial charge in [0.15, 0.2) is 17.5 Å². The highest BCUT2D eigenvalue weighted by atomic mass is 16.7. The molecular weight excluding hydrogens is 504 g/mol. The fourth-order valence-corrected chi connectivity index (χ4v) is 8.30. The minimum absolute atomic E-state index is 0.0668. The first-order chi connectivity index (χ1) is 17.6. The van der Waals surface area contributed by atoms with Gasteiger partial charge in [0.25, 0.3) is 0 Å². The van der Waals surface area contributed by atoms with E-state index in [1.165, 1.54) is 6.92 Å². The van der Waals surface area contributed by atoms with Crippen LogP contribution in [0.4, 0.5) is 0 Å². The van der Waals surface area contributed by atoms with Crippen molar-refractivity contribution in [3.8, 4) is 0 Å². The molecule has 12 nitrogen and oxygen atoms in total. The number of aliphatic hydroxyl groups excluding tert-OH is 4. The summed E-state index contributed by atoms with van der Waals surface area (Å²) < 4.78 is 16.7. The van der Waals surface area contributed by atoms with E-state index in [4.69, 9.17) is 14.2 Å². The molecule has 38 heavy (non-hydrogen) atoms. The van der Waals surface area contributed by atoms with Gasteiger partial charge in [-0.15, -0.1) is 0 Å². The summed E-state index contributed by atoms with van der Waals surface area (Å²) in [6.45, 7) is 5.88. The monoisotopic (exact) mass is 544 g/mol. The van der Waals surface area contributed by atoms with Crippen molar-refractivity contribution in [3.05, 3.63) is 11.1 Å². The Morgan fingerprint density at radius 2 is 1.71 bits per heavy atom. The van der Waals surface area contributed by atoms with Crippen LogP contribution in [-0.2, 0) is 19.0 Å². The predicted octanol–water partition coefficient (Wildman–Crippen LogP) is -2.15. The van der Waals surface area contributed by atoms with Crippen molar-refractivity contribution in [1.82, 2.24) is 0 Å². The number of esters is 1. The van der Waals surface area contributed by atoms with Crippen LogP contribution in [0.3, 0.4) is 0 Å². The Morgan fingerprint density at radius 3 is 2.34 bits per heavy atom. The first-order valence-corrected chi connectivity index (χ1v) is 13.3. The maximum Gasteiger partial charge on any atom is 0.306 e. The van der Waals surface area contributed by atoms with Gasteiger partial charge in [-0.3, -0.25) is 4.79 Å². The van der Waals surface area contributed by atoms with Crippen LogP contribution < -0.4 is 0 Å². The van der Waals surface area contributed by atoms with Crippen molar-refractivity contribution < 1.29 is 59.9 Å². The van der Waals surface area contributed by atoms with E-state index in [0.717, 1.165) is 0 Å². The third kappa shape index (κ3) is 3.02. The van der Waals surface area contributed by atoms with Gasteiger partial charge in [-0.2, -0.15) is 0 Å². The third-order valence-electron chi connectivity index (χ3n) is 10.7. The number of hydrogen-bond donors (Lipinski definition) is 8. The average Bonchev–Trinajstić information content (AvgIpc) is 3.11. The van der Waals surface area contributed by atoms with Crippen molar-refractivity contribution in [2.75, 3.05) is 13.2 Å². The molecule has 4 fully saturated rings. The number of hydrogen-bond acceptors (Lipinski definition) is 12. The van der Waals surface area contributed by atoms with Gasteiger partial charge in [0, 0.05) is 17.8 Å². The largest absolute Gasteiger partial charge is 0.459 e. The van der Waals surface area contributed by atoms with Crippen LogP contribution in [-0.4, -0.2) is 119 Å². The second-order valence-corrected chi connectivity index (χ2v) is 12.4. The Morgan fingerprint density at radius 1 is 1.05 bits per heavy atom. The summed E-state index contributed by atoms with van der Waals surface area (Å²) in [5.41, 5.74) is -9.69. The van der Waals surface area contributed by atoms with Crippen molar-refractivity contribution >= 4 is 5.97 Å². The smallest absolute Gasteiger partial charge is 0.306 e. The molecule has 8 N–H and O–H groups in total. The Bertz CT molecular complexity index is 1030. The van der Waals surface area contributed by atoms with Gasteiger partial charge < -0.3 is 55.1 Å². The molecule has 2 aliphatic heterocycles. The molecule has 0 aromatic rings. The van der Waals surface area contributed by atoms with E-state index in [9.17, 15) is 45.6 Å². The van der Waals surface area contributed by atoms with E-state index < -0.39 is 89.5 Å². The van der Waals surface area contributed by atoms with Gasteiger partial charge in [-0.1, -0.05) is 26.3 Å². The standard InChI is InChI=1S/C26H40O12/c1-11-5-6-23(32)22(4)8-16(28)38-20(11)26(23,35)25(34)13(3)14(7-24(22,25)33)12(2)10-36-21-19(31)18(30)17(29)15(9-27)37-21/h11-12,15,17-21,27,29-35H,5-10H2,1-4H3. The molecule has 216 valence electrons. The molecule has 13 atom stereocenters. The maximum atomic E-state index is 12.8. The Hall–Kier alpha value is -1.19. The van der Waals surface area contributed by atoms with Gasteiger partial charge in [-0.05, 0) is 31.3 Å². The zero-order valence-electron chi connectivity index (χ0n) is 22.1. The summed E-state index contributed by atoms with van der Waals surface area (Å²) in [5.74, 6) is -1.57. The molecule has 0 aromatic carbocycles. The fraction of sp³-hybridized carbons (Fsp3) is 0.885. The third-order valence-corrected chi connectivity index (χ3v) is 10.7. The highest BCUT2D eigenvalue weighted by molar-refractivity contribution is 5.74. The van der Waals surface area contributed by atoms with Crippen LogP contribution in [0.5, 0.6) is 0 Å². The van der Waals surface area contributed by atoms with Gasteiger partial charge >= 0.3 is 5.97 Å². The van der Waals surface area contributed by atoms with Crippen LogP contribution in [0.15, 0.2) is 11.1 Å². The first kappa shape index (κ1) is 28.3. The number of rotatable bonds is 5. The zero-order valence-corrected chi connectivity index (χ0v) is 22.1. The molecule has 2 saturated heterocycles. The van der Waals surface area contributed by atoms with E-state index in [1.807, 2.05) is 0 Å². The van der Waals surface area contributed by atoms with E-state index >= 15 is 0 Å². The van der Waals surface area contributed by atoms with Gasteiger partial charge in [0.1, 0.15) is 41.7 Å². The Labute approximate surface area is 220 Å². The van der Waals surface area contributed by atoms with E-state index in [2.05, 4.69) is 0 Å². The number of carbonyl (C=O) groups is 1. The van der Waals surface area contributed by atoms with E-state index in [0.29, 0.717) is 12.0 Å². The number of aliphatic hydroxyl groups is 8. The molecule has 2 heterocycles. The molecule has 12 heteroatoms. The summed E-state index contributed by atoms with van der Waals surface area (Å²) in [6, 6.07) is 0. The molecule has 5 aliphatic rings. The second kappa shape index (κ2) is 8.65. The molecule has 0 spiro atoms. The molecule has 4 bridgehead atoms. The molecular formula is C26H40O12. The van der Waals surface area contributed by atoms with Gasteiger partial charge in [-0.25, -0.2) is 0 Å². The van der Waals surface area contributed by atoms with Crippen LogP contribution >= 0.6 is 0 Å². The van der Waals surface area contributed by atoms with E-state index in [1.54, 1.807) is 20.8 Å². The summed E-state index contributed by atoms with van der Waals surface area (Å²) in [6.07, 6.45) is -8.54. The van der Waals surface area contributed by atoms with Gasteiger partial charge in [0.05, 0.1) is 19.6 Å². The van der Waals surface area contributed by atoms with E-state index in [-0.39, 0.29) is 30.9 Å². The summed E-state index contributed by atoms with van der Waals surface area (Å²) >= 11 is 0. The van der Waals surface area contributed by atoms with Crippen molar-refractivity contribution in [1.29, 1.82) is 0 Å². The molecule has 0 aromatic heterocycles. The Kier molecular flexibility index (Phi) is 6.45. The summed E-state index contributed by atoms with van der Waals surface area (Å²) in [7, 11) is 0. The topological polar surface area (TPSA) is 207 Å². The summed E-state index contributed by atoms with van der Waals surface area (Å²) in [4.78, 5) is 12.8. The summed E-state index contributed by atoms with van der Waals surface area (Å²) in [5, 5.41) is 88.8. The zero-order chi connectivity index (χ0) is 28.2. The minimum atomic E-state index is -2.38. The molecule has 2 saturated carbocycles. The first-order valence-electron chi connectivity index (χ1n) is 13.3. The lowest BCUT2D eigenvalue weighted by Gasteiger charge is -2.54.